The molecular formula is C51H73N9O9S2Si. The summed E-state index contributed by atoms with van der Waals surface area (Å²) in [6.45, 7) is 17.4. The first-order chi connectivity index (χ1) is 34.0. The molecule has 1 aliphatic heterocycles. The number of aromatic nitrogens is 4. The molecule has 18 nitrogen and oxygen atoms in total. The van der Waals surface area contributed by atoms with Crippen molar-refractivity contribution >= 4 is 40.1 Å². The van der Waals surface area contributed by atoms with Gasteiger partial charge in [0.05, 0.1) is 31.9 Å². The van der Waals surface area contributed by atoms with Gasteiger partial charge in [0.15, 0.2) is 8.32 Å². The molecule has 0 radical (unpaired) electrons. The fourth-order valence-electron chi connectivity index (χ4n) is 7.95. The summed E-state index contributed by atoms with van der Waals surface area (Å²) in [5.41, 5.74) is 7.52. The molecule has 0 aliphatic carbocycles. The molecule has 0 spiro atoms. The molecule has 6 rings (SSSR count). The van der Waals surface area contributed by atoms with Gasteiger partial charge in [-0.3, -0.25) is 0 Å². The third-order valence-electron chi connectivity index (χ3n) is 12.8. The van der Waals surface area contributed by atoms with E-state index in [0.29, 0.717) is 68.3 Å². The van der Waals surface area contributed by atoms with Gasteiger partial charge >= 0.3 is 6.09 Å². The third-order valence-corrected chi connectivity index (χ3v) is 20.8. The molecule has 2 heterocycles. The van der Waals surface area contributed by atoms with Crippen LogP contribution in [0.2, 0.25) is 18.1 Å². The number of rotatable bonds is 23. The Bertz CT molecular complexity index is 2720. The molecule has 1 saturated heterocycles. The SMILES string of the molecule is COc1ccc(Cn2nnc(-c3c(N4CCC(COCCN)CC4)ccc(S(=O)(=O)NC[C@@H](CNC(=O)OC(C)(C)C)O[Si](C)(C)C(C)(C)C)c3S(=O)(=O)N(Cc3ccccc3)Cc3ccccc3)n2)cc1. The van der Waals surface area contributed by atoms with Crippen molar-refractivity contribution in [2.75, 3.05) is 57.9 Å². The number of amides is 1. The molecule has 1 amide bonds. The van der Waals surface area contributed by atoms with Crippen LogP contribution in [0.25, 0.3) is 11.4 Å². The Balaban J connectivity index is 1.53. The van der Waals surface area contributed by atoms with Gasteiger partial charge in [0.25, 0.3) is 0 Å². The summed E-state index contributed by atoms with van der Waals surface area (Å²) < 4.78 is 90.3. The molecular weight excluding hydrogens is 975 g/mol. The molecule has 392 valence electrons. The lowest BCUT2D eigenvalue weighted by Gasteiger charge is -2.39. The first kappa shape index (κ1) is 56.0. The number of carbonyl (C=O) groups excluding carboxylic acids is 1. The molecule has 0 saturated carbocycles. The number of benzene rings is 4. The van der Waals surface area contributed by atoms with E-state index in [9.17, 15) is 4.79 Å². The average Bonchev–Trinajstić information content (AvgIpc) is 3.80. The lowest BCUT2D eigenvalue weighted by Crippen LogP contribution is -2.51. The Kier molecular flexibility index (Phi) is 18.8. The van der Waals surface area contributed by atoms with E-state index in [1.807, 2.05) is 103 Å². The van der Waals surface area contributed by atoms with Crippen LogP contribution < -0.4 is 25.4 Å². The zero-order valence-electron chi connectivity index (χ0n) is 43.1. The van der Waals surface area contributed by atoms with Gasteiger partial charge in [-0.2, -0.15) is 9.10 Å². The van der Waals surface area contributed by atoms with E-state index < -0.39 is 56.0 Å². The highest BCUT2D eigenvalue weighted by molar-refractivity contribution is 7.92. The summed E-state index contributed by atoms with van der Waals surface area (Å²) >= 11 is 0. The predicted octanol–water partition coefficient (Wildman–Crippen LogP) is 7.17. The van der Waals surface area contributed by atoms with Crippen LogP contribution in [0.3, 0.4) is 0 Å². The molecule has 72 heavy (non-hydrogen) atoms. The van der Waals surface area contributed by atoms with Crippen LogP contribution in [0.1, 0.15) is 71.1 Å². The van der Waals surface area contributed by atoms with Crippen LogP contribution in [0.15, 0.2) is 107 Å². The largest absolute Gasteiger partial charge is 0.497 e. The minimum absolute atomic E-state index is 0.0107. The Morgan fingerprint density at radius 1 is 0.847 bits per heavy atom. The highest BCUT2D eigenvalue weighted by Gasteiger charge is 2.42. The Morgan fingerprint density at radius 3 is 2.01 bits per heavy atom. The lowest BCUT2D eigenvalue weighted by molar-refractivity contribution is 0.0498. The number of methoxy groups -OCH3 is 1. The number of hydrogen-bond acceptors (Lipinski definition) is 14. The summed E-state index contributed by atoms with van der Waals surface area (Å²) in [5.74, 6) is 0.813. The van der Waals surface area contributed by atoms with Crippen LogP contribution in [-0.2, 0) is 53.6 Å². The molecule has 1 aromatic heterocycles. The number of sulfonamides is 2. The molecule has 4 aromatic carbocycles. The van der Waals surface area contributed by atoms with Crippen LogP contribution >= 0.6 is 0 Å². The van der Waals surface area contributed by atoms with E-state index in [1.54, 1.807) is 33.9 Å². The number of nitrogens with two attached hydrogens (primary N) is 1. The number of nitrogens with zero attached hydrogens (tertiary/aromatic N) is 6. The van der Waals surface area contributed by atoms with Crippen molar-refractivity contribution in [2.24, 2.45) is 11.7 Å². The summed E-state index contributed by atoms with van der Waals surface area (Å²) in [7, 11) is -10.6. The van der Waals surface area contributed by atoms with E-state index in [4.69, 9.17) is 29.5 Å². The Morgan fingerprint density at radius 2 is 1.46 bits per heavy atom. The van der Waals surface area contributed by atoms with Gasteiger partial charge in [-0.15, -0.1) is 10.2 Å². The first-order valence-electron chi connectivity index (χ1n) is 24.3. The van der Waals surface area contributed by atoms with Crippen molar-refractivity contribution in [1.29, 1.82) is 0 Å². The normalized spacial score (nSPS) is 14.6. The second-order valence-electron chi connectivity index (χ2n) is 20.6. The van der Waals surface area contributed by atoms with E-state index in [2.05, 4.69) is 41.1 Å². The van der Waals surface area contributed by atoms with E-state index in [1.165, 1.54) is 15.2 Å². The maximum atomic E-state index is 16.1. The number of piperidine rings is 1. The van der Waals surface area contributed by atoms with Crippen LogP contribution in [0, 0.1) is 5.92 Å². The van der Waals surface area contributed by atoms with Gasteiger partial charge in [-0.25, -0.2) is 26.4 Å². The number of tetrazole rings is 1. The summed E-state index contributed by atoms with van der Waals surface area (Å²) in [5, 5.41) is 16.2. The van der Waals surface area contributed by atoms with Gasteiger partial charge in [0, 0.05) is 58.1 Å². The van der Waals surface area contributed by atoms with Gasteiger partial charge in [0.1, 0.15) is 21.1 Å². The smallest absolute Gasteiger partial charge is 0.407 e. The molecule has 21 heteroatoms. The fraction of sp³-hybridized carbons (Fsp3) is 0.490. The molecule has 4 N–H and O–H groups in total. The van der Waals surface area contributed by atoms with E-state index in [-0.39, 0.29) is 55.1 Å². The van der Waals surface area contributed by atoms with Gasteiger partial charge in [-0.1, -0.05) is 93.6 Å². The topological polar surface area (TPSA) is 222 Å². The molecule has 1 aliphatic rings. The number of alkyl carbamates (subject to hydrolysis) is 1. The summed E-state index contributed by atoms with van der Waals surface area (Å²) in [6.07, 6.45) is -0.146. The average molecular weight is 1050 g/mol. The zero-order valence-corrected chi connectivity index (χ0v) is 45.8. The molecule has 0 bridgehead atoms. The van der Waals surface area contributed by atoms with Crippen molar-refractivity contribution in [1.82, 2.24) is 34.6 Å². The van der Waals surface area contributed by atoms with E-state index in [0.717, 1.165) is 5.56 Å². The molecule has 1 fully saturated rings. The van der Waals surface area contributed by atoms with Gasteiger partial charge < -0.3 is 34.6 Å². The minimum Gasteiger partial charge on any atom is -0.497 e. The van der Waals surface area contributed by atoms with Gasteiger partial charge in [-0.05, 0) is 104 Å². The fourth-order valence-corrected chi connectivity index (χ4v) is 12.8. The highest BCUT2D eigenvalue weighted by Crippen LogP contribution is 2.43. The molecule has 0 unspecified atom stereocenters. The number of nitrogens with one attached hydrogen (secondary N) is 2. The zero-order chi connectivity index (χ0) is 52.3. The summed E-state index contributed by atoms with van der Waals surface area (Å²) in [6, 6.07) is 28.6. The first-order valence-corrected chi connectivity index (χ1v) is 30.2. The Hall–Kier alpha value is -5.26. The molecule has 1 atom stereocenters. The van der Waals surface area contributed by atoms with Crippen LogP contribution in [0.5, 0.6) is 5.75 Å². The second kappa shape index (κ2) is 24.2. The van der Waals surface area contributed by atoms with E-state index >= 15 is 16.8 Å². The number of ether oxygens (including phenoxy) is 3. The van der Waals surface area contributed by atoms with Crippen molar-refractivity contribution in [3.63, 3.8) is 0 Å². The van der Waals surface area contributed by atoms with Crippen molar-refractivity contribution in [3.05, 3.63) is 114 Å². The lowest BCUT2D eigenvalue weighted by atomic mass is 9.96. The second-order valence-corrected chi connectivity index (χ2v) is 28.9. The van der Waals surface area contributed by atoms with Crippen molar-refractivity contribution in [2.45, 2.75) is 114 Å². The van der Waals surface area contributed by atoms with Crippen molar-refractivity contribution in [3.8, 4) is 17.1 Å². The number of hydrogen-bond donors (Lipinski definition) is 3. The monoisotopic (exact) mass is 1050 g/mol. The summed E-state index contributed by atoms with van der Waals surface area (Å²) in [4.78, 5) is 15.3. The van der Waals surface area contributed by atoms with Crippen LogP contribution in [0.4, 0.5) is 10.5 Å². The Labute approximate surface area is 427 Å². The van der Waals surface area contributed by atoms with Gasteiger partial charge in [0.2, 0.25) is 25.9 Å². The number of anilines is 1. The maximum absolute atomic E-state index is 16.1. The minimum atomic E-state index is -4.83. The third kappa shape index (κ3) is 15.2. The quantitative estimate of drug-likeness (QED) is 0.0436. The van der Waals surface area contributed by atoms with Crippen LogP contribution in [-0.4, -0.2) is 121 Å². The van der Waals surface area contributed by atoms with Crippen molar-refractivity contribution < 1.29 is 40.3 Å². The molecule has 5 aromatic rings. The predicted molar refractivity (Wildman–Crippen MR) is 281 cm³/mol. The number of carbonyl (C=O) groups is 1. The highest BCUT2D eigenvalue weighted by atomic mass is 32.2. The standard InChI is InChI=1S/C51H73N9O9S2Si/c1-50(2,3)68-49(61)53-32-43(69-72(8,9)51(4,5)6)33-54-70(62,63)45-25-24-44(58-29-26-41(27-30-58)37-67-31-28-52)46(48-55-57-60(56-48)36-40-20-22-42(66-7)23-21-40)47(45)71(64,65)59(34-38-16-12-10-13-17-38)35-39-18-14-11-15-19-39/h10-25,41,43,54H,26-37,52H2,1-9H3,(H,53,61)/t43-/m1/s1. The maximum Gasteiger partial charge on any atom is 0.407 e.